The van der Waals surface area contributed by atoms with Crippen LogP contribution in [0.4, 0.5) is 0 Å². The highest BCUT2D eigenvalue weighted by atomic mass is 35.5. The van der Waals surface area contributed by atoms with Gasteiger partial charge >= 0.3 is 5.97 Å². The van der Waals surface area contributed by atoms with Crippen LogP contribution in [0, 0.1) is 0 Å². The maximum atomic E-state index is 10.1. The molecule has 0 radical (unpaired) electrons. The van der Waals surface area contributed by atoms with Crippen molar-refractivity contribution in [3.05, 3.63) is 30.1 Å². The Balaban J connectivity index is 0. The number of carboxylic acids is 1. The lowest BCUT2D eigenvalue weighted by atomic mass is 10.3. The summed E-state index contributed by atoms with van der Waals surface area (Å²) < 4.78 is 0. The van der Waals surface area contributed by atoms with Crippen molar-refractivity contribution in [2.24, 2.45) is 0 Å². The number of carbonyl (C=O) groups is 1. The molecule has 0 atom stereocenters. The molecular formula is C8H12Cl2N2O2. The number of hydrogen-bond acceptors (Lipinski definition) is 3. The van der Waals surface area contributed by atoms with E-state index in [1.165, 1.54) is 0 Å². The molecule has 0 fully saturated rings. The third-order valence-corrected chi connectivity index (χ3v) is 1.33. The number of hydrogen-bond donors (Lipinski definition) is 2. The van der Waals surface area contributed by atoms with Gasteiger partial charge in [-0.05, 0) is 11.6 Å². The molecule has 1 rings (SSSR count). The second-order valence-electron chi connectivity index (χ2n) is 2.36. The average Bonchev–Trinajstić information content (AvgIpc) is 2.05. The maximum Gasteiger partial charge on any atom is 0.317 e. The molecule has 1 aromatic rings. The summed E-state index contributed by atoms with van der Waals surface area (Å²) in [6.07, 6.45) is 3.38. The molecule has 6 heteroatoms. The first-order valence-corrected chi connectivity index (χ1v) is 3.60. The smallest absolute Gasteiger partial charge is 0.317 e. The Morgan fingerprint density at radius 1 is 1.50 bits per heavy atom. The van der Waals surface area contributed by atoms with Gasteiger partial charge in [-0.3, -0.25) is 9.78 Å². The highest BCUT2D eigenvalue weighted by Gasteiger charge is 1.95. The summed E-state index contributed by atoms with van der Waals surface area (Å²) in [5.74, 6) is -0.848. The van der Waals surface area contributed by atoms with Crippen molar-refractivity contribution < 1.29 is 9.90 Å². The molecule has 0 aliphatic carbocycles. The van der Waals surface area contributed by atoms with Gasteiger partial charge in [0.1, 0.15) is 0 Å². The van der Waals surface area contributed by atoms with Crippen molar-refractivity contribution in [2.45, 2.75) is 6.54 Å². The zero-order valence-corrected chi connectivity index (χ0v) is 8.98. The quantitative estimate of drug-likeness (QED) is 0.825. The highest BCUT2D eigenvalue weighted by molar-refractivity contribution is 5.85. The molecular weight excluding hydrogens is 227 g/mol. The lowest BCUT2D eigenvalue weighted by molar-refractivity contribution is -0.135. The lowest BCUT2D eigenvalue weighted by Gasteiger charge is -1.99. The molecule has 0 bridgehead atoms. The largest absolute Gasteiger partial charge is 0.480 e. The average molecular weight is 239 g/mol. The maximum absolute atomic E-state index is 10.1. The topological polar surface area (TPSA) is 62.2 Å². The van der Waals surface area contributed by atoms with E-state index in [9.17, 15) is 4.79 Å². The van der Waals surface area contributed by atoms with Gasteiger partial charge in [0.15, 0.2) is 0 Å². The van der Waals surface area contributed by atoms with Gasteiger partial charge in [0, 0.05) is 18.9 Å². The lowest BCUT2D eigenvalue weighted by Crippen LogP contribution is -2.21. The van der Waals surface area contributed by atoms with Crippen molar-refractivity contribution in [3.8, 4) is 0 Å². The van der Waals surface area contributed by atoms with E-state index in [2.05, 4.69) is 10.3 Å². The van der Waals surface area contributed by atoms with Crippen LogP contribution in [0.2, 0.25) is 0 Å². The van der Waals surface area contributed by atoms with Crippen LogP contribution in [0.15, 0.2) is 24.5 Å². The monoisotopic (exact) mass is 238 g/mol. The van der Waals surface area contributed by atoms with Crippen LogP contribution in [0.25, 0.3) is 0 Å². The van der Waals surface area contributed by atoms with Crippen LogP contribution >= 0.6 is 24.8 Å². The van der Waals surface area contributed by atoms with Gasteiger partial charge in [-0.2, -0.15) is 0 Å². The van der Waals surface area contributed by atoms with E-state index in [0.29, 0.717) is 6.54 Å². The molecule has 80 valence electrons. The number of nitrogens with one attached hydrogen (secondary N) is 1. The Kier molecular flexibility index (Phi) is 9.76. The van der Waals surface area contributed by atoms with Crippen LogP contribution in [0.3, 0.4) is 0 Å². The Bertz CT molecular complexity index is 257. The van der Waals surface area contributed by atoms with Gasteiger partial charge in [-0.15, -0.1) is 24.8 Å². The normalized spacial score (nSPS) is 8.29. The Labute approximate surface area is 94.6 Å². The highest BCUT2D eigenvalue weighted by Crippen LogP contribution is 1.93. The minimum absolute atomic E-state index is 0. The molecule has 2 N–H and O–H groups in total. The van der Waals surface area contributed by atoms with Gasteiger partial charge in [0.05, 0.1) is 6.54 Å². The molecule has 0 aromatic carbocycles. The Morgan fingerprint density at radius 3 is 2.71 bits per heavy atom. The number of aliphatic carboxylic acids is 1. The summed E-state index contributed by atoms with van der Waals surface area (Å²) >= 11 is 0. The van der Waals surface area contributed by atoms with E-state index >= 15 is 0 Å². The summed E-state index contributed by atoms with van der Waals surface area (Å²) in [6, 6.07) is 3.71. The molecule has 0 unspecified atom stereocenters. The number of halogens is 2. The number of aromatic nitrogens is 1. The van der Waals surface area contributed by atoms with Crippen molar-refractivity contribution in [2.75, 3.05) is 6.54 Å². The summed E-state index contributed by atoms with van der Waals surface area (Å²) in [5.41, 5.74) is 0.985. The summed E-state index contributed by atoms with van der Waals surface area (Å²) in [7, 11) is 0. The van der Waals surface area contributed by atoms with Crippen LogP contribution < -0.4 is 5.32 Å². The minimum atomic E-state index is -0.848. The van der Waals surface area contributed by atoms with Crippen molar-refractivity contribution in [1.29, 1.82) is 0 Å². The molecule has 1 heterocycles. The predicted molar refractivity (Wildman–Crippen MR) is 58.1 cm³/mol. The first kappa shape index (κ1) is 15.6. The molecule has 0 saturated carbocycles. The number of pyridine rings is 1. The van der Waals surface area contributed by atoms with Crippen LogP contribution in [-0.4, -0.2) is 22.6 Å². The number of carboxylic acid groups (broad SMARTS) is 1. The summed E-state index contributed by atoms with van der Waals surface area (Å²) in [5, 5.41) is 11.1. The van der Waals surface area contributed by atoms with Crippen molar-refractivity contribution in [1.82, 2.24) is 10.3 Å². The predicted octanol–water partition coefficient (Wildman–Crippen LogP) is 1.10. The molecule has 0 aliphatic heterocycles. The summed E-state index contributed by atoms with van der Waals surface area (Å²) in [6.45, 7) is 0.523. The minimum Gasteiger partial charge on any atom is -0.480 e. The van der Waals surface area contributed by atoms with Crippen LogP contribution in [0.1, 0.15) is 5.56 Å². The second kappa shape index (κ2) is 8.74. The van der Waals surface area contributed by atoms with Gasteiger partial charge in [0.25, 0.3) is 0 Å². The fraction of sp³-hybridized carbons (Fsp3) is 0.250. The third kappa shape index (κ3) is 6.65. The van der Waals surface area contributed by atoms with Crippen LogP contribution in [-0.2, 0) is 11.3 Å². The van der Waals surface area contributed by atoms with E-state index in [1.807, 2.05) is 12.1 Å². The fourth-order valence-electron chi connectivity index (χ4n) is 0.816. The first-order valence-electron chi connectivity index (χ1n) is 3.60. The van der Waals surface area contributed by atoms with Gasteiger partial charge in [-0.1, -0.05) is 6.07 Å². The Morgan fingerprint density at radius 2 is 2.21 bits per heavy atom. The van der Waals surface area contributed by atoms with E-state index < -0.39 is 5.97 Å². The molecule has 4 nitrogen and oxygen atoms in total. The molecule has 0 aliphatic rings. The zero-order valence-electron chi connectivity index (χ0n) is 7.34. The van der Waals surface area contributed by atoms with Crippen molar-refractivity contribution >= 4 is 30.8 Å². The van der Waals surface area contributed by atoms with Crippen LogP contribution in [0.5, 0.6) is 0 Å². The molecule has 0 amide bonds. The second-order valence-corrected chi connectivity index (χ2v) is 2.36. The number of rotatable bonds is 4. The van der Waals surface area contributed by atoms with E-state index in [4.69, 9.17) is 5.11 Å². The van der Waals surface area contributed by atoms with Gasteiger partial charge in [-0.25, -0.2) is 0 Å². The molecule has 14 heavy (non-hydrogen) atoms. The molecule has 0 saturated heterocycles. The number of nitrogens with zero attached hydrogens (tertiary/aromatic N) is 1. The van der Waals surface area contributed by atoms with E-state index in [-0.39, 0.29) is 31.4 Å². The zero-order chi connectivity index (χ0) is 8.81. The Hall–Kier alpha value is -0.840. The third-order valence-electron chi connectivity index (χ3n) is 1.33. The molecule has 1 aromatic heterocycles. The summed E-state index contributed by atoms with van der Waals surface area (Å²) in [4.78, 5) is 14.0. The fourth-order valence-corrected chi connectivity index (χ4v) is 0.816. The van der Waals surface area contributed by atoms with E-state index in [1.54, 1.807) is 12.4 Å². The SMILES string of the molecule is Cl.Cl.O=C(O)CNCc1cccnc1. The molecule has 0 spiro atoms. The van der Waals surface area contributed by atoms with Gasteiger partial charge in [0.2, 0.25) is 0 Å². The van der Waals surface area contributed by atoms with E-state index in [0.717, 1.165) is 5.56 Å². The first-order chi connectivity index (χ1) is 5.79. The van der Waals surface area contributed by atoms with Crippen molar-refractivity contribution in [3.63, 3.8) is 0 Å². The standard InChI is InChI=1S/C8H10N2O2.2ClH/c11-8(12)6-10-5-7-2-1-3-9-4-7;;/h1-4,10H,5-6H2,(H,11,12);2*1H. The van der Waals surface area contributed by atoms with Gasteiger partial charge < -0.3 is 10.4 Å².